The molecule has 1 heterocycles. The van der Waals surface area contributed by atoms with Crippen LogP contribution >= 0.6 is 11.6 Å². The van der Waals surface area contributed by atoms with E-state index in [4.69, 9.17) is 26.1 Å². The van der Waals surface area contributed by atoms with E-state index in [-0.39, 0.29) is 42.6 Å². The van der Waals surface area contributed by atoms with Crippen LogP contribution in [0.3, 0.4) is 0 Å². The number of carboxylic acids is 1. The minimum Gasteiger partial charge on any atom is -0.550 e. The van der Waals surface area contributed by atoms with Crippen LogP contribution in [0.25, 0.3) is 22.6 Å². The number of nitrogens with zero attached hydrogens (tertiary/aromatic N) is 2. The number of aromatic nitrogens is 2. The Balaban J connectivity index is 0.00000342. The number of hydrogen-bond acceptors (Lipinski definition) is 6. The summed E-state index contributed by atoms with van der Waals surface area (Å²) >= 11 is 6.26. The molecule has 0 aliphatic rings. The number of carboxylic acid groups (broad SMARTS) is 1. The molecule has 0 saturated heterocycles. The summed E-state index contributed by atoms with van der Waals surface area (Å²) in [5.74, 6) is 0.504. The van der Waals surface area contributed by atoms with Gasteiger partial charge in [-0.05, 0) is 43.2 Å². The van der Waals surface area contributed by atoms with Crippen molar-refractivity contribution in [3.63, 3.8) is 0 Å². The predicted octanol–water partition coefficient (Wildman–Crippen LogP) is 1.96. The fraction of sp³-hybridized carbons (Fsp3) is 0.148. The van der Waals surface area contributed by atoms with Gasteiger partial charge in [-0.1, -0.05) is 60.1 Å². The Morgan fingerprint density at radius 2 is 1.57 bits per heavy atom. The molecule has 0 aliphatic carbocycles. The van der Waals surface area contributed by atoms with Crippen LogP contribution in [0, 0.1) is 0 Å². The van der Waals surface area contributed by atoms with Crippen molar-refractivity contribution in [1.29, 1.82) is 0 Å². The Morgan fingerprint density at radius 1 is 0.857 bits per heavy atom. The summed E-state index contributed by atoms with van der Waals surface area (Å²) in [6.45, 7) is 0.580. The quantitative estimate of drug-likeness (QED) is 0.246. The first-order valence-corrected chi connectivity index (χ1v) is 11.2. The standard InChI is InChI=1S/C27H23ClN2O4.Na/c28-23-10-5-4-9-21(23)18-34-25-17-24(19-7-2-1-3-8-19)29-27(30-25)20-12-14-22(15-13-20)33-16-6-11-26(31)32;/h1-5,7-10,12-15,17H,6,11,16,18H2,(H,31,32);/q;+1/p-1. The van der Waals surface area contributed by atoms with Crippen molar-refractivity contribution in [3.8, 4) is 34.3 Å². The smallest absolute Gasteiger partial charge is 0.550 e. The zero-order chi connectivity index (χ0) is 23.8. The molecule has 0 amide bonds. The molecule has 0 unspecified atom stereocenters. The summed E-state index contributed by atoms with van der Waals surface area (Å²) < 4.78 is 11.6. The van der Waals surface area contributed by atoms with Gasteiger partial charge in [0.25, 0.3) is 0 Å². The summed E-state index contributed by atoms with van der Waals surface area (Å²) in [6, 6.07) is 26.5. The van der Waals surface area contributed by atoms with E-state index in [0.717, 1.165) is 22.4 Å². The monoisotopic (exact) mass is 496 g/mol. The van der Waals surface area contributed by atoms with Gasteiger partial charge in [0.2, 0.25) is 5.88 Å². The summed E-state index contributed by atoms with van der Waals surface area (Å²) in [6.07, 6.45) is 0.355. The third kappa shape index (κ3) is 7.80. The average Bonchev–Trinajstić information content (AvgIpc) is 2.87. The average molecular weight is 497 g/mol. The fourth-order valence-electron chi connectivity index (χ4n) is 3.26. The Morgan fingerprint density at radius 3 is 2.29 bits per heavy atom. The second-order valence-corrected chi connectivity index (χ2v) is 7.92. The Kier molecular flexibility index (Phi) is 10.1. The first kappa shape index (κ1) is 26.7. The van der Waals surface area contributed by atoms with E-state index >= 15 is 0 Å². The van der Waals surface area contributed by atoms with Crippen LogP contribution in [0.5, 0.6) is 11.6 Å². The molecule has 0 N–H and O–H groups in total. The molecule has 0 radical (unpaired) electrons. The molecule has 4 rings (SSSR count). The maximum absolute atomic E-state index is 10.5. The van der Waals surface area contributed by atoms with E-state index < -0.39 is 5.97 Å². The van der Waals surface area contributed by atoms with Gasteiger partial charge in [0, 0.05) is 33.7 Å². The molecule has 0 spiro atoms. The minimum atomic E-state index is -1.08. The second kappa shape index (κ2) is 13.3. The van der Waals surface area contributed by atoms with Crippen molar-refractivity contribution < 1.29 is 48.9 Å². The maximum atomic E-state index is 10.5. The van der Waals surface area contributed by atoms with Gasteiger partial charge >= 0.3 is 29.6 Å². The van der Waals surface area contributed by atoms with Gasteiger partial charge in [0.15, 0.2) is 5.82 Å². The largest absolute Gasteiger partial charge is 1.00 e. The zero-order valence-electron chi connectivity index (χ0n) is 19.3. The SMILES string of the molecule is O=C([O-])CCCOc1ccc(-c2nc(OCc3ccccc3Cl)cc(-c3ccccc3)n2)cc1.[Na+]. The normalized spacial score (nSPS) is 10.3. The molecule has 8 heteroatoms. The van der Waals surface area contributed by atoms with Crippen LogP contribution in [0.2, 0.25) is 5.02 Å². The van der Waals surface area contributed by atoms with Gasteiger partial charge in [-0.15, -0.1) is 0 Å². The van der Waals surface area contributed by atoms with Crippen LogP contribution in [0.4, 0.5) is 0 Å². The number of ether oxygens (including phenoxy) is 2. The van der Waals surface area contributed by atoms with Crippen molar-refractivity contribution >= 4 is 17.6 Å². The third-order valence-electron chi connectivity index (χ3n) is 5.01. The van der Waals surface area contributed by atoms with Gasteiger partial charge in [-0.25, -0.2) is 4.98 Å². The van der Waals surface area contributed by atoms with E-state index in [9.17, 15) is 9.90 Å². The summed E-state index contributed by atoms with van der Waals surface area (Å²) in [5.41, 5.74) is 3.34. The molecule has 0 aliphatic heterocycles. The Hall–Kier alpha value is -2.90. The number of hydrogen-bond donors (Lipinski definition) is 0. The number of benzene rings is 3. The van der Waals surface area contributed by atoms with Gasteiger partial charge in [-0.3, -0.25) is 0 Å². The Labute approximate surface area is 231 Å². The van der Waals surface area contributed by atoms with E-state index in [1.807, 2.05) is 72.8 Å². The van der Waals surface area contributed by atoms with Crippen molar-refractivity contribution in [2.24, 2.45) is 0 Å². The molecule has 1 aromatic heterocycles. The maximum Gasteiger partial charge on any atom is 1.00 e. The zero-order valence-corrected chi connectivity index (χ0v) is 22.1. The van der Waals surface area contributed by atoms with E-state index in [1.165, 1.54) is 0 Å². The van der Waals surface area contributed by atoms with Crippen LogP contribution in [0.15, 0.2) is 84.9 Å². The molecular formula is C27H22ClN2NaO4. The third-order valence-corrected chi connectivity index (χ3v) is 5.38. The first-order chi connectivity index (χ1) is 16.6. The molecule has 4 aromatic rings. The molecular weight excluding hydrogens is 475 g/mol. The predicted molar refractivity (Wildman–Crippen MR) is 128 cm³/mol. The second-order valence-electron chi connectivity index (χ2n) is 7.51. The van der Waals surface area contributed by atoms with Crippen LogP contribution in [0.1, 0.15) is 18.4 Å². The molecule has 0 saturated carbocycles. The van der Waals surface area contributed by atoms with Crippen molar-refractivity contribution in [2.45, 2.75) is 19.4 Å². The topological polar surface area (TPSA) is 84.4 Å². The number of rotatable bonds is 10. The molecule has 0 bridgehead atoms. The minimum absolute atomic E-state index is 0. The fourth-order valence-corrected chi connectivity index (χ4v) is 3.45. The van der Waals surface area contributed by atoms with Gasteiger partial charge < -0.3 is 19.4 Å². The summed E-state index contributed by atoms with van der Waals surface area (Å²) in [4.78, 5) is 19.9. The number of carbonyl (C=O) groups is 1. The van der Waals surface area contributed by atoms with Crippen LogP contribution in [-0.4, -0.2) is 22.5 Å². The van der Waals surface area contributed by atoms with Crippen molar-refractivity contribution in [1.82, 2.24) is 9.97 Å². The van der Waals surface area contributed by atoms with Crippen molar-refractivity contribution in [3.05, 3.63) is 95.5 Å². The first-order valence-electron chi connectivity index (χ1n) is 10.8. The molecule has 172 valence electrons. The van der Waals surface area contributed by atoms with Crippen LogP contribution < -0.4 is 44.1 Å². The number of carbonyl (C=O) groups excluding carboxylic acids is 1. The Bertz CT molecular complexity index is 1250. The summed E-state index contributed by atoms with van der Waals surface area (Å²) in [5, 5.41) is 11.2. The van der Waals surface area contributed by atoms with Gasteiger partial charge in [0.05, 0.1) is 12.3 Å². The molecule has 0 fully saturated rings. The molecule has 6 nitrogen and oxygen atoms in total. The van der Waals surface area contributed by atoms with E-state index in [1.54, 1.807) is 12.1 Å². The van der Waals surface area contributed by atoms with Crippen molar-refractivity contribution in [2.75, 3.05) is 6.61 Å². The van der Waals surface area contributed by atoms with Crippen LogP contribution in [-0.2, 0) is 11.4 Å². The summed E-state index contributed by atoms with van der Waals surface area (Å²) in [7, 11) is 0. The molecule has 3 aromatic carbocycles. The van der Waals surface area contributed by atoms with Gasteiger partial charge in [0.1, 0.15) is 12.4 Å². The molecule has 35 heavy (non-hydrogen) atoms. The number of halogens is 1. The van der Waals surface area contributed by atoms with E-state index in [0.29, 0.717) is 35.5 Å². The number of aliphatic carboxylic acids is 1. The van der Waals surface area contributed by atoms with E-state index in [2.05, 4.69) is 4.98 Å². The molecule has 0 atom stereocenters. The van der Waals surface area contributed by atoms with Gasteiger partial charge in [-0.2, -0.15) is 4.98 Å².